The zero-order valence-electron chi connectivity index (χ0n) is 14.7. The Kier molecular flexibility index (Phi) is 4.11. The van der Waals surface area contributed by atoms with Crippen molar-refractivity contribution in [2.24, 2.45) is 0 Å². The number of ether oxygens (including phenoxy) is 2. The predicted octanol–water partition coefficient (Wildman–Crippen LogP) is 2.48. The normalized spacial score (nSPS) is 18.2. The Morgan fingerprint density at radius 1 is 1.44 bits per heavy atom. The molecule has 1 N–H and O–H groups in total. The lowest BCUT2D eigenvalue weighted by Gasteiger charge is -2.15. The van der Waals surface area contributed by atoms with Gasteiger partial charge in [0.2, 0.25) is 0 Å². The number of rotatable bonds is 4. The van der Waals surface area contributed by atoms with Gasteiger partial charge in [0, 0.05) is 30.6 Å². The molecule has 0 aliphatic carbocycles. The fourth-order valence-electron chi connectivity index (χ4n) is 3.69. The van der Waals surface area contributed by atoms with Crippen molar-refractivity contribution < 1.29 is 14.3 Å². The minimum absolute atomic E-state index is 0.0833. The number of aryl methyl sites for hydroxylation is 1. The van der Waals surface area contributed by atoms with Crippen LogP contribution in [0, 0.1) is 0 Å². The standard InChI is InChI=1S/C19H23N3O3/c1-12-7-13-8-17(24-2)14(9-18(13)25-12)10-20-19(23)15-11-21-22-6-4-3-5-16(15)22/h8-9,11-12H,3-7,10H2,1-2H3,(H,20,23). The van der Waals surface area contributed by atoms with Gasteiger partial charge in [-0.1, -0.05) is 0 Å². The van der Waals surface area contributed by atoms with Crippen LogP contribution in [-0.2, 0) is 25.9 Å². The monoisotopic (exact) mass is 341 g/mol. The van der Waals surface area contributed by atoms with Gasteiger partial charge in [-0.15, -0.1) is 0 Å². The molecule has 3 heterocycles. The summed E-state index contributed by atoms with van der Waals surface area (Å²) in [6.45, 7) is 3.35. The molecule has 1 aromatic carbocycles. The molecule has 0 bridgehead atoms. The highest BCUT2D eigenvalue weighted by Gasteiger charge is 2.23. The molecular formula is C19H23N3O3. The second-order valence-corrected chi connectivity index (χ2v) is 6.77. The Bertz CT molecular complexity index is 812. The molecule has 0 spiro atoms. The van der Waals surface area contributed by atoms with E-state index in [1.807, 2.05) is 16.8 Å². The maximum absolute atomic E-state index is 12.6. The third kappa shape index (κ3) is 2.97. The molecule has 2 aromatic rings. The first-order chi connectivity index (χ1) is 12.2. The lowest BCUT2D eigenvalue weighted by molar-refractivity contribution is 0.0949. The molecule has 25 heavy (non-hydrogen) atoms. The Hall–Kier alpha value is -2.50. The molecule has 0 saturated carbocycles. The van der Waals surface area contributed by atoms with E-state index in [1.54, 1.807) is 13.3 Å². The number of aromatic nitrogens is 2. The van der Waals surface area contributed by atoms with E-state index in [9.17, 15) is 4.79 Å². The van der Waals surface area contributed by atoms with Gasteiger partial charge in [-0.25, -0.2) is 0 Å². The molecule has 1 amide bonds. The Morgan fingerprint density at radius 2 is 2.32 bits per heavy atom. The largest absolute Gasteiger partial charge is 0.496 e. The number of fused-ring (bicyclic) bond motifs is 2. The minimum atomic E-state index is -0.0833. The number of hydrogen-bond acceptors (Lipinski definition) is 4. The molecular weight excluding hydrogens is 318 g/mol. The van der Waals surface area contributed by atoms with Gasteiger partial charge < -0.3 is 14.8 Å². The van der Waals surface area contributed by atoms with Crippen LogP contribution in [0.1, 0.15) is 46.9 Å². The Morgan fingerprint density at radius 3 is 3.16 bits per heavy atom. The number of carbonyl (C=O) groups excluding carboxylic acids is 1. The first-order valence-electron chi connectivity index (χ1n) is 8.85. The molecule has 4 rings (SSSR count). The predicted molar refractivity (Wildman–Crippen MR) is 93.1 cm³/mol. The molecule has 1 atom stereocenters. The molecule has 6 nitrogen and oxygen atoms in total. The van der Waals surface area contributed by atoms with Gasteiger partial charge in [-0.05, 0) is 38.3 Å². The third-order valence-corrected chi connectivity index (χ3v) is 4.97. The van der Waals surface area contributed by atoms with Crippen molar-refractivity contribution in [3.63, 3.8) is 0 Å². The molecule has 132 valence electrons. The summed E-state index contributed by atoms with van der Waals surface area (Å²) in [6, 6.07) is 3.99. The number of nitrogens with one attached hydrogen (secondary N) is 1. The lowest BCUT2D eigenvalue weighted by Crippen LogP contribution is -2.25. The SMILES string of the molecule is COc1cc2c(cc1CNC(=O)c1cnn3c1CCCC3)OC(C)C2. The van der Waals surface area contributed by atoms with Gasteiger partial charge in [0.25, 0.3) is 5.91 Å². The van der Waals surface area contributed by atoms with Gasteiger partial charge in [0.1, 0.15) is 17.6 Å². The van der Waals surface area contributed by atoms with Crippen LogP contribution in [0.4, 0.5) is 0 Å². The zero-order valence-corrected chi connectivity index (χ0v) is 14.7. The summed E-state index contributed by atoms with van der Waals surface area (Å²) in [5.41, 5.74) is 3.81. The summed E-state index contributed by atoms with van der Waals surface area (Å²) in [6.07, 6.45) is 5.90. The maximum Gasteiger partial charge on any atom is 0.255 e. The van der Waals surface area contributed by atoms with Crippen LogP contribution in [0.2, 0.25) is 0 Å². The number of nitrogens with zero attached hydrogens (tertiary/aromatic N) is 2. The highest BCUT2D eigenvalue weighted by atomic mass is 16.5. The Labute approximate surface area is 147 Å². The molecule has 0 fully saturated rings. The molecule has 6 heteroatoms. The summed E-state index contributed by atoms with van der Waals surface area (Å²) in [4.78, 5) is 12.6. The van der Waals surface area contributed by atoms with Gasteiger partial charge in [0.15, 0.2) is 0 Å². The number of amides is 1. The van der Waals surface area contributed by atoms with Gasteiger partial charge in [-0.3, -0.25) is 9.48 Å². The van der Waals surface area contributed by atoms with Crippen LogP contribution in [0.3, 0.4) is 0 Å². The first kappa shape index (κ1) is 16.0. The van der Waals surface area contributed by atoms with E-state index >= 15 is 0 Å². The topological polar surface area (TPSA) is 65.4 Å². The molecule has 1 unspecified atom stereocenters. The molecule has 2 aliphatic rings. The summed E-state index contributed by atoms with van der Waals surface area (Å²) in [5.74, 6) is 1.59. The van der Waals surface area contributed by atoms with E-state index < -0.39 is 0 Å². The van der Waals surface area contributed by atoms with E-state index in [1.165, 1.54) is 0 Å². The van der Waals surface area contributed by atoms with E-state index in [-0.39, 0.29) is 12.0 Å². The van der Waals surface area contributed by atoms with Crippen LogP contribution < -0.4 is 14.8 Å². The third-order valence-electron chi connectivity index (χ3n) is 4.97. The van der Waals surface area contributed by atoms with Crippen LogP contribution in [0.15, 0.2) is 18.3 Å². The summed E-state index contributed by atoms with van der Waals surface area (Å²) in [7, 11) is 1.65. The van der Waals surface area contributed by atoms with Gasteiger partial charge >= 0.3 is 0 Å². The van der Waals surface area contributed by atoms with Crippen molar-refractivity contribution in [1.82, 2.24) is 15.1 Å². The molecule has 2 aliphatic heterocycles. The maximum atomic E-state index is 12.6. The van der Waals surface area contributed by atoms with E-state index in [2.05, 4.69) is 17.3 Å². The van der Waals surface area contributed by atoms with Crippen molar-refractivity contribution in [1.29, 1.82) is 0 Å². The van der Waals surface area contributed by atoms with Crippen molar-refractivity contribution in [3.8, 4) is 11.5 Å². The summed E-state index contributed by atoms with van der Waals surface area (Å²) >= 11 is 0. The van der Waals surface area contributed by atoms with Crippen LogP contribution >= 0.6 is 0 Å². The van der Waals surface area contributed by atoms with Gasteiger partial charge in [0.05, 0.1) is 24.6 Å². The van der Waals surface area contributed by atoms with Crippen molar-refractivity contribution in [2.45, 2.75) is 51.8 Å². The number of hydrogen-bond donors (Lipinski definition) is 1. The number of methoxy groups -OCH3 is 1. The fourth-order valence-corrected chi connectivity index (χ4v) is 3.69. The van der Waals surface area contributed by atoms with Crippen LogP contribution in [-0.4, -0.2) is 28.9 Å². The Balaban J connectivity index is 1.51. The quantitative estimate of drug-likeness (QED) is 0.928. The highest BCUT2D eigenvalue weighted by Crippen LogP contribution is 2.35. The second kappa shape index (κ2) is 6.43. The van der Waals surface area contributed by atoms with E-state index in [0.29, 0.717) is 12.1 Å². The van der Waals surface area contributed by atoms with Gasteiger partial charge in [-0.2, -0.15) is 5.10 Å². The average Bonchev–Trinajstić information content (AvgIpc) is 3.20. The number of carbonyl (C=O) groups is 1. The van der Waals surface area contributed by atoms with Crippen LogP contribution in [0.5, 0.6) is 11.5 Å². The highest BCUT2D eigenvalue weighted by molar-refractivity contribution is 5.95. The van der Waals surface area contributed by atoms with Crippen molar-refractivity contribution in [3.05, 3.63) is 40.7 Å². The second-order valence-electron chi connectivity index (χ2n) is 6.77. The summed E-state index contributed by atoms with van der Waals surface area (Å²) in [5, 5.41) is 7.33. The minimum Gasteiger partial charge on any atom is -0.496 e. The van der Waals surface area contributed by atoms with Crippen molar-refractivity contribution in [2.75, 3.05) is 7.11 Å². The van der Waals surface area contributed by atoms with E-state index in [4.69, 9.17) is 9.47 Å². The molecule has 1 aromatic heterocycles. The first-order valence-corrected chi connectivity index (χ1v) is 8.85. The molecule has 0 radical (unpaired) electrons. The smallest absolute Gasteiger partial charge is 0.255 e. The summed E-state index contributed by atoms with van der Waals surface area (Å²) < 4.78 is 13.3. The zero-order chi connectivity index (χ0) is 17.4. The van der Waals surface area contributed by atoms with E-state index in [0.717, 1.165) is 60.5 Å². The average molecular weight is 341 g/mol. The van der Waals surface area contributed by atoms with Crippen LogP contribution in [0.25, 0.3) is 0 Å². The lowest BCUT2D eigenvalue weighted by atomic mass is 10.1. The molecule has 0 saturated heterocycles. The number of benzene rings is 1. The van der Waals surface area contributed by atoms with Crippen molar-refractivity contribution >= 4 is 5.91 Å². The fraction of sp³-hybridized carbons (Fsp3) is 0.474.